The van der Waals surface area contributed by atoms with Gasteiger partial charge in [-0.2, -0.15) is 13.2 Å². The van der Waals surface area contributed by atoms with E-state index in [9.17, 15) is 23.1 Å². The second kappa shape index (κ2) is 4.99. The second-order valence-corrected chi connectivity index (χ2v) is 3.98. The molecule has 1 aromatic heterocycles. The van der Waals surface area contributed by atoms with E-state index in [0.29, 0.717) is 0 Å². The minimum atomic E-state index is -4.52. The van der Waals surface area contributed by atoms with E-state index in [1.54, 1.807) is 6.92 Å². The lowest BCUT2D eigenvalue weighted by molar-refractivity contribution is -0.137. The SMILES string of the molecule is CCOC(=O)c1cc(O)c2ccc(C(F)(F)F)cc2n1. The molecule has 1 N–H and O–H groups in total. The molecule has 2 aromatic rings. The standard InChI is InChI=1S/C13H10F3NO3/c1-2-20-12(19)10-6-11(18)8-4-3-7(13(14,15)16)5-9(8)17-10/h3-6H,2H2,1H3,(H,17,18). The first kappa shape index (κ1) is 14.1. The first-order valence-electron chi connectivity index (χ1n) is 5.71. The van der Waals surface area contributed by atoms with Crippen molar-refractivity contribution in [1.82, 2.24) is 4.98 Å². The molecule has 0 aliphatic rings. The van der Waals surface area contributed by atoms with Crippen LogP contribution in [0.3, 0.4) is 0 Å². The summed E-state index contributed by atoms with van der Waals surface area (Å²) in [4.78, 5) is 15.3. The molecule has 0 saturated heterocycles. The second-order valence-electron chi connectivity index (χ2n) is 3.98. The number of hydrogen-bond acceptors (Lipinski definition) is 4. The van der Waals surface area contributed by atoms with Gasteiger partial charge in [0.05, 0.1) is 17.7 Å². The van der Waals surface area contributed by atoms with E-state index in [1.165, 1.54) is 0 Å². The summed E-state index contributed by atoms with van der Waals surface area (Å²) in [5.41, 5.74) is -1.27. The number of rotatable bonds is 2. The Balaban J connectivity index is 2.59. The van der Waals surface area contributed by atoms with Crippen LogP contribution in [0.25, 0.3) is 10.9 Å². The lowest BCUT2D eigenvalue weighted by atomic mass is 10.1. The first-order valence-corrected chi connectivity index (χ1v) is 5.71. The zero-order valence-electron chi connectivity index (χ0n) is 10.4. The lowest BCUT2D eigenvalue weighted by Crippen LogP contribution is -2.08. The molecule has 0 unspecified atom stereocenters. The Morgan fingerprint density at radius 3 is 2.65 bits per heavy atom. The van der Waals surface area contributed by atoms with Crippen molar-refractivity contribution in [3.8, 4) is 5.75 Å². The van der Waals surface area contributed by atoms with Gasteiger partial charge in [0.25, 0.3) is 0 Å². The number of halogens is 3. The molecule has 106 valence electrons. The summed E-state index contributed by atoms with van der Waals surface area (Å²) in [6, 6.07) is 3.79. The fraction of sp³-hybridized carbons (Fsp3) is 0.231. The third-order valence-electron chi connectivity index (χ3n) is 2.60. The van der Waals surface area contributed by atoms with Crippen LogP contribution in [0.4, 0.5) is 13.2 Å². The van der Waals surface area contributed by atoms with Crippen LogP contribution in [0.2, 0.25) is 0 Å². The molecule has 0 radical (unpaired) electrons. The predicted octanol–water partition coefficient (Wildman–Crippen LogP) is 3.14. The summed E-state index contributed by atoms with van der Waals surface area (Å²) in [7, 11) is 0. The third-order valence-corrected chi connectivity index (χ3v) is 2.60. The van der Waals surface area contributed by atoms with Gasteiger partial charge >= 0.3 is 12.1 Å². The number of carbonyl (C=O) groups is 1. The number of aromatic hydroxyl groups is 1. The average Bonchev–Trinajstić information content (AvgIpc) is 2.37. The Morgan fingerprint density at radius 1 is 1.35 bits per heavy atom. The smallest absolute Gasteiger partial charge is 0.416 e. The van der Waals surface area contributed by atoms with Crippen LogP contribution in [0.15, 0.2) is 24.3 Å². The van der Waals surface area contributed by atoms with Gasteiger partial charge in [0.1, 0.15) is 5.75 Å². The summed E-state index contributed by atoms with van der Waals surface area (Å²) in [5.74, 6) is -1.13. The maximum absolute atomic E-state index is 12.6. The van der Waals surface area contributed by atoms with Gasteiger partial charge in [0.2, 0.25) is 0 Å². The number of nitrogens with zero attached hydrogens (tertiary/aromatic N) is 1. The van der Waals surface area contributed by atoms with Crippen molar-refractivity contribution >= 4 is 16.9 Å². The molecule has 0 saturated carbocycles. The van der Waals surface area contributed by atoms with Gasteiger partial charge in [-0.1, -0.05) is 0 Å². The molecule has 0 amide bonds. The summed E-state index contributed by atoms with van der Waals surface area (Å²) < 4.78 is 42.5. The number of pyridine rings is 1. The van der Waals surface area contributed by atoms with Crippen molar-refractivity contribution in [2.75, 3.05) is 6.61 Å². The van der Waals surface area contributed by atoms with Crippen molar-refractivity contribution < 1.29 is 27.8 Å². The Morgan fingerprint density at radius 2 is 2.05 bits per heavy atom. The highest BCUT2D eigenvalue weighted by atomic mass is 19.4. The van der Waals surface area contributed by atoms with Gasteiger partial charge in [-0.3, -0.25) is 0 Å². The highest BCUT2D eigenvalue weighted by molar-refractivity contribution is 5.94. The van der Waals surface area contributed by atoms with Crippen LogP contribution in [-0.4, -0.2) is 22.7 Å². The van der Waals surface area contributed by atoms with E-state index in [0.717, 1.165) is 24.3 Å². The largest absolute Gasteiger partial charge is 0.507 e. The predicted molar refractivity (Wildman–Crippen MR) is 64.4 cm³/mol. The molecule has 0 atom stereocenters. The van der Waals surface area contributed by atoms with E-state index >= 15 is 0 Å². The molecule has 0 bridgehead atoms. The molecule has 1 heterocycles. The number of alkyl halides is 3. The number of carbonyl (C=O) groups excluding carboxylic acids is 1. The topological polar surface area (TPSA) is 59.4 Å². The van der Waals surface area contributed by atoms with Gasteiger partial charge in [-0.25, -0.2) is 9.78 Å². The summed E-state index contributed by atoms with van der Waals surface area (Å²) in [6.07, 6.45) is -4.52. The normalized spacial score (nSPS) is 11.6. The Kier molecular flexibility index (Phi) is 3.52. The van der Waals surface area contributed by atoms with Crippen molar-refractivity contribution in [3.05, 3.63) is 35.5 Å². The van der Waals surface area contributed by atoms with Crippen LogP contribution in [0.5, 0.6) is 5.75 Å². The quantitative estimate of drug-likeness (QED) is 0.861. The van der Waals surface area contributed by atoms with E-state index in [2.05, 4.69) is 4.98 Å². The van der Waals surface area contributed by atoms with Crippen LogP contribution in [0.1, 0.15) is 23.0 Å². The summed E-state index contributed by atoms with van der Waals surface area (Å²) >= 11 is 0. The fourth-order valence-electron chi connectivity index (χ4n) is 1.70. The van der Waals surface area contributed by atoms with E-state index < -0.39 is 17.7 Å². The number of benzene rings is 1. The van der Waals surface area contributed by atoms with E-state index in [-0.39, 0.29) is 29.0 Å². The van der Waals surface area contributed by atoms with Gasteiger partial charge in [-0.05, 0) is 25.1 Å². The molecular formula is C13H10F3NO3. The Hall–Kier alpha value is -2.31. The van der Waals surface area contributed by atoms with Crippen LogP contribution in [0, 0.1) is 0 Å². The van der Waals surface area contributed by atoms with E-state index in [1.807, 2.05) is 0 Å². The molecule has 0 spiro atoms. The van der Waals surface area contributed by atoms with Crippen LogP contribution < -0.4 is 0 Å². The molecule has 0 fully saturated rings. The number of esters is 1. The van der Waals surface area contributed by atoms with Crippen molar-refractivity contribution in [3.63, 3.8) is 0 Å². The third kappa shape index (κ3) is 2.66. The van der Waals surface area contributed by atoms with E-state index in [4.69, 9.17) is 4.74 Å². The number of fused-ring (bicyclic) bond motifs is 1. The van der Waals surface area contributed by atoms with Crippen LogP contribution >= 0.6 is 0 Å². The van der Waals surface area contributed by atoms with Crippen molar-refractivity contribution in [2.24, 2.45) is 0 Å². The van der Waals surface area contributed by atoms with Crippen molar-refractivity contribution in [2.45, 2.75) is 13.1 Å². The van der Waals surface area contributed by atoms with Gasteiger partial charge in [-0.15, -0.1) is 0 Å². The zero-order chi connectivity index (χ0) is 14.9. The Labute approximate surface area is 111 Å². The summed E-state index contributed by atoms with van der Waals surface area (Å²) in [6.45, 7) is 1.68. The first-order chi connectivity index (χ1) is 9.32. The average molecular weight is 285 g/mol. The molecule has 4 nitrogen and oxygen atoms in total. The summed E-state index contributed by atoms with van der Waals surface area (Å²) in [5, 5.41) is 9.86. The van der Waals surface area contributed by atoms with Gasteiger partial charge in [0.15, 0.2) is 5.69 Å². The molecule has 0 aliphatic carbocycles. The molecule has 2 rings (SSSR count). The maximum Gasteiger partial charge on any atom is 0.416 e. The number of hydrogen-bond donors (Lipinski definition) is 1. The fourth-order valence-corrected chi connectivity index (χ4v) is 1.70. The maximum atomic E-state index is 12.6. The highest BCUT2D eigenvalue weighted by Gasteiger charge is 2.31. The number of aromatic nitrogens is 1. The monoisotopic (exact) mass is 285 g/mol. The molecular weight excluding hydrogens is 275 g/mol. The molecule has 20 heavy (non-hydrogen) atoms. The van der Waals surface area contributed by atoms with Gasteiger partial charge in [0, 0.05) is 11.5 Å². The zero-order valence-corrected chi connectivity index (χ0v) is 10.4. The molecule has 7 heteroatoms. The number of ether oxygens (including phenoxy) is 1. The molecule has 1 aromatic carbocycles. The molecule has 0 aliphatic heterocycles. The Bertz CT molecular complexity index is 668. The van der Waals surface area contributed by atoms with Crippen molar-refractivity contribution in [1.29, 1.82) is 0 Å². The highest BCUT2D eigenvalue weighted by Crippen LogP contribution is 2.33. The van der Waals surface area contributed by atoms with Gasteiger partial charge < -0.3 is 9.84 Å². The van der Waals surface area contributed by atoms with Crippen LogP contribution in [-0.2, 0) is 10.9 Å². The lowest BCUT2D eigenvalue weighted by Gasteiger charge is -2.09. The minimum absolute atomic E-state index is 0.0991. The minimum Gasteiger partial charge on any atom is -0.507 e.